The summed E-state index contributed by atoms with van der Waals surface area (Å²) in [6, 6.07) is 4.07. The Hall–Kier alpha value is -0.540. The van der Waals surface area contributed by atoms with Crippen molar-refractivity contribution in [3.8, 4) is 0 Å². The van der Waals surface area contributed by atoms with Gasteiger partial charge in [-0.25, -0.2) is 0 Å². The first-order valence-electron chi connectivity index (χ1n) is 4.39. The third-order valence-electron chi connectivity index (χ3n) is 2.12. The highest BCUT2D eigenvalue weighted by molar-refractivity contribution is 7.80. The molecule has 0 saturated heterocycles. The molecule has 0 saturated carbocycles. The first-order valence-corrected chi connectivity index (χ1v) is 5.02. The van der Waals surface area contributed by atoms with Gasteiger partial charge in [-0.15, -0.1) is 0 Å². The summed E-state index contributed by atoms with van der Waals surface area (Å²) < 4.78 is 0. The summed E-state index contributed by atoms with van der Waals surface area (Å²) in [4.78, 5) is 4.11. The maximum Gasteiger partial charge on any atom is 0.0387 e. The minimum absolute atomic E-state index is 0.122. The molecular formula is C10H16N2S. The Bertz CT molecular complexity index is 246. The number of hydrogen-bond donors (Lipinski definition) is 2. The second kappa shape index (κ2) is 4.63. The molecule has 72 valence electrons. The predicted molar refractivity (Wildman–Crippen MR) is 59.1 cm³/mol. The minimum atomic E-state index is 0.122. The number of aromatic nitrogens is 1. The molecule has 0 fully saturated rings. The quantitative estimate of drug-likeness (QED) is 0.567. The number of thiol groups is 1. The van der Waals surface area contributed by atoms with Crippen LogP contribution in [-0.2, 0) is 5.41 Å². The molecule has 3 heteroatoms. The Balaban J connectivity index is 2.69. The molecule has 0 unspecified atom stereocenters. The van der Waals surface area contributed by atoms with Gasteiger partial charge in [0.25, 0.3) is 0 Å². The summed E-state index contributed by atoms with van der Waals surface area (Å²) in [5.74, 6) is 0.712. The van der Waals surface area contributed by atoms with Crippen molar-refractivity contribution in [2.45, 2.75) is 19.3 Å². The summed E-state index contributed by atoms with van der Waals surface area (Å²) in [5, 5.41) is 3.22. The van der Waals surface area contributed by atoms with Crippen LogP contribution in [0.5, 0.6) is 0 Å². The van der Waals surface area contributed by atoms with Gasteiger partial charge >= 0.3 is 0 Å². The fourth-order valence-electron chi connectivity index (χ4n) is 1.23. The zero-order valence-electron chi connectivity index (χ0n) is 8.12. The van der Waals surface area contributed by atoms with Crippen molar-refractivity contribution in [1.29, 1.82) is 0 Å². The first-order chi connectivity index (χ1) is 6.17. The Labute approximate surface area is 85.2 Å². The molecule has 0 aromatic carbocycles. The summed E-state index contributed by atoms with van der Waals surface area (Å²) in [5.41, 5.74) is 1.38. The first kappa shape index (κ1) is 10.5. The SMILES string of the molecule is CC(C)(CNCS)c1cccnc1. The van der Waals surface area contributed by atoms with Gasteiger partial charge in [-0.05, 0) is 11.6 Å². The molecule has 1 aromatic heterocycles. The van der Waals surface area contributed by atoms with Gasteiger partial charge in [0.15, 0.2) is 0 Å². The zero-order chi connectivity index (χ0) is 9.73. The molecule has 2 nitrogen and oxygen atoms in total. The van der Waals surface area contributed by atoms with E-state index in [-0.39, 0.29) is 5.41 Å². The Kier molecular flexibility index (Phi) is 3.75. The van der Waals surface area contributed by atoms with E-state index >= 15 is 0 Å². The Morgan fingerprint density at radius 3 is 2.85 bits per heavy atom. The van der Waals surface area contributed by atoms with Crippen LogP contribution in [0.25, 0.3) is 0 Å². The van der Waals surface area contributed by atoms with E-state index in [4.69, 9.17) is 0 Å². The van der Waals surface area contributed by atoms with Gasteiger partial charge in [0.1, 0.15) is 0 Å². The molecule has 0 amide bonds. The summed E-state index contributed by atoms with van der Waals surface area (Å²) >= 11 is 4.12. The molecule has 0 aliphatic rings. The normalized spacial score (nSPS) is 11.6. The topological polar surface area (TPSA) is 24.9 Å². The van der Waals surface area contributed by atoms with Crippen LogP contribution in [0.4, 0.5) is 0 Å². The van der Waals surface area contributed by atoms with Crippen LogP contribution in [0.3, 0.4) is 0 Å². The van der Waals surface area contributed by atoms with Gasteiger partial charge in [-0.2, -0.15) is 12.6 Å². The van der Waals surface area contributed by atoms with Gasteiger partial charge in [-0.1, -0.05) is 19.9 Å². The molecule has 0 atom stereocenters. The average molecular weight is 196 g/mol. The van der Waals surface area contributed by atoms with Crippen molar-refractivity contribution >= 4 is 12.6 Å². The molecule has 0 aliphatic heterocycles. The lowest BCUT2D eigenvalue weighted by Crippen LogP contribution is -2.32. The number of nitrogens with one attached hydrogen (secondary N) is 1. The summed E-state index contributed by atoms with van der Waals surface area (Å²) in [6.45, 7) is 5.31. The van der Waals surface area contributed by atoms with Crippen molar-refractivity contribution in [3.05, 3.63) is 30.1 Å². The minimum Gasteiger partial charge on any atom is -0.307 e. The Morgan fingerprint density at radius 1 is 1.54 bits per heavy atom. The molecular weight excluding hydrogens is 180 g/mol. The zero-order valence-corrected chi connectivity index (χ0v) is 9.01. The lowest BCUT2D eigenvalue weighted by Gasteiger charge is -2.24. The second-order valence-electron chi connectivity index (χ2n) is 3.71. The molecule has 13 heavy (non-hydrogen) atoms. The van der Waals surface area contributed by atoms with Gasteiger partial charge in [0, 0.05) is 30.2 Å². The standard InChI is InChI=1S/C10H16N2S/c1-10(2,7-12-8-13)9-4-3-5-11-6-9/h3-6,12-13H,7-8H2,1-2H3. The molecule has 0 bridgehead atoms. The fraction of sp³-hybridized carbons (Fsp3) is 0.500. The number of hydrogen-bond acceptors (Lipinski definition) is 3. The van der Waals surface area contributed by atoms with Crippen LogP contribution in [0.1, 0.15) is 19.4 Å². The van der Waals surface area contributed by atoms with Crippen molar-refractivity contribution in [2.24, 2.45) is 0 Å². The van der Waals surface area contributed by atoms with E-state index in [0.29, 0.717) is 5.88 Å². The van der Waals surface area contributed by atoms with Crippen molar-refractivity contribution < 1.29 is 0 Å². The number of nitrogens with zero attached hydrogens (tertiary/aromatic N) is 1. The van der Waals surface area contributed by atoms with Gasteiger partial charge in [-0.3, -0.25) is 4.98 Å². The molecule has 0 aliphatic carbocycles. The number of rotatable bonds is 4. The van der Waals surface area contributed by atoms with Crippen molar-refractivity contribution in [2.75, 3.05) is 12.4 Å². The fourth-order valence-corrected chi connectivity index (χ4v) is 1.35. The van der Waals surface area contributed by atoms with Crippen LogP contribution < -0.4 is 5.32 Å². The lowest BCUT2D eigenvalue weighted by atomic mass is 9.86. The van der Waals surface area contributed by atoms with Crippen LogP contribution in [0.15, 0.2) is 24.5 Å². The van der Waals surface area contributed by atoms with E-state index in [2.05, 4.69) is 42.8 Å². The summed E-state index contributed by atoms with van der Waals surface area (Å²) in [6.07, 6.45) is 3.71. The summed E-state index contributed by atoms with van der Waals surface area (Å²) in [7, 11) is 0. The molecule has 0 radical (unpaired) electrons. The molecule has 1 aromatic rings. The van der Waals surface area contributed by atoms with Crippen LogP contribution >= 0.6 is 12.6 Å². The molecule has 1 N–H and O–H groups in total. The largest absolute Gasteiger partial charge is 0.307 e. The predicted octanol–water partition coefficient (Wildman–Crippen LogP) is 1.84. The van der Waals surface area contributed by atoms with Gasteiger partial charge in [0.2, 0.25) is 0 Å². The lowest BCUT2D eigenvalue weighted by molar-refractivity contribution is 0.489. The second-order valence-corrected chi connectivity index (χ2v) is 4.03. The number of pyridine rings is 1. The maximum atomic E-state index is 4.12. The highest BCUT2D eigenvalue weighted by atomic mass is 32.1. The monoisotopic (exact) mass is 196 g/mol. The highest BCUT2D eigenvalue weighted by Crippen LogP contribution is 2.20. The molecule has 1 rings (SSSR count). The van der Waals surface area contributed by atoms with Crippen LogP contribution in [0, 0.1) is 0 Å². The van der Waals surface area contributed by atoms with Gasteiger partial charge < -0.3 is 5.32 Å². The van der Waals surface area contributed by atoms with E-state index in [1.807, 2.05) is 12.3 Å². The van der Waals surface area contributed by atoms with E-state index in [1.54, 1.807) is 6.20 Å². The van der Waals surface area contributed by atoms with E-state index in [0.717, 1.165) is 6.54 Å². The molecule has 1 heterocycles. The van der Waals surface area contributed by atoms with E-state index in [1.165, 1.54) is 5.56 Å². The highest BCUT2D eigenvalue weighted by Gasteiger charge is 2.19. The maximum absolute atomic E-state index is 4.12. The average Bonchev–Trinajstić information content (AvgIpc) is 2.16. The van der Waals surface area contributed by atoms with E-state index in [9.17, 15) is 0 Å². The van der Waals surface area contributed by atoms with Crippen molar-refractivity contribution in [1.82, 2.24) is 10.3 Å². The molecule has 0 spiro atoms. The Morgan fingerprint density at radius 2 is 2.31 bits per heavy atom. The van der Waals surface area contributed by atoms with E-state index < -0.39 is 0 Å². The van der Waals surface area contributed by atoms with Crippen LogP contribution in [0.2, 0.25) is 0 Å². The van der Waals surface area contributed by atoms with Crippen LogP contribution in [-0.4, -0.2) is 17.4 Å². The third-order valence-corrected chi connectivity index (χ3v) is 2.35. The van der Waals surface area contributed by atoms with Crippen molar-refractivity contribution in [3.63, 3.8) is 0 Å². The van der Waals surface area contributed by atoms with Gasteiger partial charge in [0.05, 0.1) is 0 Å². The smallest absolute Gasteiger partial charge is 0.0387 e. The third kappa shape index (κ3) is 3.01.